The highest BCUT2D eigenvalue weighted by molar-refractivity contribution is 7.10. The first-order valence-electron chi connectivity index (χ1n) is 13.4. The third-order valence-corrected chi connectivity index (χ3v) is 8.30. The van der Waals surface area contributed by atoms with E-state index in [0.29, 0.717) is 31.2 Å². The third-order valence-electron chi connectivity index (χ3n) is 7.30. The van der Waals surface area contributed by atoms with Crippen LogP contribution in [0, 0.1) is 11.7 Å². The summed E-state index contributed by atoms with van der Waals surface area (Å²) >= 11 is 1.71. The van der Waals surface area contributed by atoms with Gasteiger partial charge in [-0.15, -0.1) is 11.3 Å². The van der Waals surface area contributed by atoms with Gasteiger partial charge in [-0.25, -0.2) is 4.39 Å². The van der Waals surface area contributed by atoms with Gasteiger partial charge in [0.1, 0.15) is 24.7 Å². The first kappa shape index (κ1) is 27.8. The summed E-state index contributed by atoms with van der Waals surface area (Å²) in [4.78, 5) is 31.9. The van der Waals surface area contributed by atoms with E-state index in [1.807, 2.05) is 17.0 Å². The second kappa shape index (κ2) is 12.6. The van der Waals surface area contributed by atoms with Crippen LogP contribution in [0.25, 0.3) is 0 Å². The van der Waals surface area contributed by atoms with Gasteiger partial charge in [0.25, 0.3) is 5.91 Å². The molecule has 0 unspecified atom stereocenters. The molecular formula is C31H37FN2O3S. The standard InChI is InChI=1S/C31H37FN2O3S/c1-5-22(4)18-33(31(36)24-6-10-25(32)11-7-24)19-30(35)34-16-14-29-27(15-17-38-29)28(34)20-37-26-12-8-23(9-13-26)21(2)3/h6-13,15,17,21-22,28H,5,14,16,18-20H2,1-4H3/t22-,28-/m0/s1. The predicted octanol–water partition coefficient (Wildman–Crippen LogP) is 6.70. The fourth-order valence-corrected chi connectivity index (χ4v) is 5.68. The van der Waals surface area contributed by atoms with Gasteiger partial charge in [0.15, 0.2) is 0 Å². The van der Waals surface area contributed by atoms with Gasteiger partial charge in [0, 0.05) is 23.5 Å². The summed E-state index contributed by atoms with van der Waals surface area (Å²) in [6.45, 7) is 9.79. The van der Waals surface area contributed by atoms with Crippen LogP contribution in [0.4, 0.5) is 4.39 Å². The molecule has 0 saturated carbocycles. The van der Waals surface area contributed by atoms with E-state index in [9.17, 15) is 14.0 Å². The highest BCUT2D eigenvalue weighted by atomic mass is 32.1. The molecule has 2 amide bonds. The van der Waals surface area contributed by atoms with E-state index >= 15 is 0 Å². The van der Waals surface area contributed by atoms with Crippen molar-refractivity contribution in [2.45, 2.75) is 52.5 Å². The SMILES string of the molecule is CC[C@H](C)CN(CC(=O)N1CCc2sccc2[C@@H]1COc1ccc(C(C)C)cc1)C(=O)c1ccc(F)cc1. The second-order valence-corrected chi connectivity index (χ2v) is 11.4. The normalized spacial score (nSPS) is 15.7. The molecule has 0 spiro atoms. The maximum atomic E-state index is 13.8. The lowest BCUT2D eigenvalue weighted by atomic mass is 10.00. The van der Waals surface area contributed by atoms with E-state index < -0.39 is 5.82 Å². The number of halogens is 1. The Labute approximate surface area is 229 Å². The maximum absolute atomic E-state index is 13.8. The van der Waals surface area contributed by atoms with Gasteiger partial charge < -0.3 is 14.5 Å². The molecular weight excluding hydrogens is 499 g/mol. The average molecular weight is 537 g/mol. The molecule has 3 aromatic rings. The quantitative estimate of drug-likeness (QED) is 0.290. The van der Waals surface area contributed by atoms with E-state index in [2.05, 4.69) is 51.3 Å². The largest absolute Gasteiger partial charge is 0.491 e. The van der Waals surface area contributed by atoms with E-state index in [0.717, 1.165) is 24.2 Å². The minimum Gasteiger partial charge on any atom is -0.491 e. The Kier molecular flexibility index (Phi) is 9.21. The average Bonchev–Trinajstić information content (AvgIpc) is 3.40. The van der Waals surface area contributed by atoms with Crippen molar-refractivity contribution < 1.29 is 18.7 Å². The number of nitrogens with zero attached hydrogens (tertiary/aromatic N) is 2. The van der Waals surface area contributed by atoms with Crippen LogP contribution in [-0.4, -0.2) is 47.9 Å². The first-order chi connectivity index (χ1) is 18.3. The van der Waals surface area contributed by atoms with Gasteiger partial charge in [-0.1, -0.05) is 46.2 Å². The molecule has 7 heteroatoms. The third kappa shape index (κ3) is 6.62. The summed E-state index contributed by atoms with van der Waals surface area (Å²) in [5.41, 5.74) is 2.75. The molecule has 0 saturated heterocycles. The molecule has 1 aliphatic heterocycles. The Morgan fingerprint density at radius 3 is 2.45 bits per heavy atom. The van der Waals surface area contributed by atoms with Gasteiger partial charge in [-0.05, 0) is 77.2 Å². The fraction of sp³-hybridized carbons (Fsp3) is 0.419. The number of benzene rings is 2. The first-order valence-corrected chi connectivity index (χ1v) is 14.3. The maximum Gasteiger partial charge on any atom is 0.254 e. The predicted molar refractivity (Wildman–Crippen MR) is 150 cm³/mol. The van der Waals surface area contributed by atoms with Crippen molar-refractivity contribution in [2.75, 3.05) is 26.2 Å². The van der Waals surface area contributed by atoms with Crippen molar-refractivity contribution in [2.24, 2.45) is 5.92 Å². The number of rotatable bonds is 10. The summed E-state index contributed by atoms with van der Waals surface area (Å²) in [5, 5.41) is 2.07. The van der Waals surface area contributed by atoms with Crippen molar-refractivity contribution in [3.63, 3.8) is 0 Å². The summed E-state index contributed by atoms with van der Waals surface area (Å²) in [5.74, 6) is 0.681. The molecule has 38 heavy (non-hydrogen) atoms. The van der Waals surface area contributed by atoms with Crippen LogP contribution in [0.1, 0.15) is 72.4 Å². The highest BCUT2D eigenvalue weighted by Gasteiger charge is 2.34. The lowest BCUT2D eigenvalue weighted by molar-refractivity contribution is -0.135. The number of amides is 2. The van der Waals surface area contributed by atoms with Gasteiger partial charge in [0.05, 0.1) is 6.04 Å². The molecule has 0 bridgehead atoms. The number of fused-ring (bicyclic) bond motifs is 1. The number of carbonyl (C=O) groups excluding carboxylic acids is 2. The topological polar surface area (TPSA) is 49.9 Å². The summed E-state index contributed by atoms with van der Waals surface area (Å²) < 4.78 is 19.7. The van der Waals surface area contributed by atoms with Crippen molar-refractivity contribution in [3.05, 3.63) is 87.4 Å². The molecule has 1 aliphatic rings. The van der Waals surface area contributed by atoms with Crippen LogP contribution in [0.5, 0.6) is 5.75 Å². The number of carbonyl (C=O) groups is 2. The lowest BCUT2D eigenvalue weighted by Crippen LogP contribution is -2.48. The molecule has 2 heterocycles. The van der Waals surface area contributed by atoms with Crippen molar-refractivity contribution in [1.82, 2.24) is 9.80 Å². The zero-order valence-electron chi connectivity index (χ0n) is 22.7. The van der Waals surface area contributed by atoms with Crippen LogP contribution < -0.4 is 4.74 Å². The Hall–Kier alpha value is -3.19. The Morgan fingerprint density at radius 2 is 1.79 bits per heavy atom. The van der Waals surface area contributed by atoms with Crippen LogP contribution in [0.15, 0.2) is 60.0 Å². The van der Waals surface area contributed by atoms with Crippen LogP contribution in [-0.2, 0) is 11.2 Å². The van der Waals surface area contributed by atoms with Crippen LogP contribution >= 0.6 is 11.3 Å². The van der Waals surface area contributed by atoms with Crippen molar-refractivity contribution in [3.8, 4) is 5.75 Å². The number of thiophene rings is 1. The summed E-state index contributed by atoms with van der Waals surface area (Å²) in [7, 11) is 0. The van der Waals surface area contributed by atoms with E-state index in [1.165, 1.54) is 34.7 Å². The molecule has 0 N–H and O–H groups in total. The summed E-state index contributed by atoms with van der Waals surface area (Å²) in [6, 6.07) is 15.5. The van der Waals surface area contributed by atoms with Gasteiger partial charge in [0.2, 0.25) is 5.91 Å². The molecule has 2 aromatic carbocycles. The molecule has 0 aliphatic carbocycles. The highest BCUT2D eigenvalue weighted by Crippen LogP contribution is 2.34. The molecule has 5 nitrogen and oxygen atoms in total. The van der Waals surface area contributed by atoms with Crippen LogP contribution in [0.2, 0.25) is 0 Å². The fourth-order valence-electron chi connectivity index (χ4n) is 4.75. The Morgan fingerprint density at radius 1 is 1.08 bits per heavy atom. The van der Waals surface area contributed by atoms with Crippen molar-refractivity contribution in [1.29, 1.82) is 0 Å². The second-order valence-electron chi connectivity index (χ2n) is 10.4. The van der Waals surface area contributed by atoms with E-state index in [-0.39, 0.29) is 30.3 Å². The Bertz CT molecular complexity index is 1220. The minimum absolute atomic E-state index is 0.0282. The summed E-state index contributed by atoms with van der Waals surface area (Å²) in [6.07, 6.45) is 1.67. The van der Waals surface area contributed by atoms with Crippen LogP contribution in [0.3, 0.4) is 0 Å². The number of hydrogen-bond acceptors (Lipinski definition) is 4. The zero-order chi connectivity index (χ0) is 27.2. The zero-order valence-corrected chi connectivity index (χ0v) is 23.5. The molecule has 202 valence electrons. The molecule has 2 atom stereocenters. The van der Waals surface area contributed by atoms with E-state index in [4.69, 9.17) is 4.74 Å². The number of hydrogen-bond donors (Lipinski definition) is 0. The van der Waals surface area contributed by atoms with E-state index in [1.54, 1.807) is 16.2 Å². The molecule has 1 aromatic heterocycles. The van der Waals surface area contributed by atoms with Gasteiger partial charge in [-0.3, -0.25) is 9.59 Å². The molecule has 4 rings (SSSR count). The van der Waals surface area contributed by atoms with Gasteiger partial charge in [-0.2, -0.15) is 0 Å². The molecule has 0 radical (unpaired) electrons. The monoisotopic (exact) mass is 536 g/mol. The lowest BCUT2D eigenvalue weighted by Gasteiger charge is -2.37. The molecule has 0 fully saturated rings. The Balaban J connectivity index is 1.52. The minimum atomic E-state index is -0.396. The smallest absolute Gasteiger partial charge is 0.254 e. The number of ether oxygens (including phenoxy) is 1. The van der Waals surface area contributed by atoms with Gasteiger partial charge >= 0.3 is 0 Å². The van der Waals surface area contributed by atoms with Crippen molar-refractivity contribution >= 4 is 23.2 Å².